The Morgan fingerprint density at radius 2 is 1.67 bits per heavy atom. The Morgan fingerprint density at radius 3 is 2.38 bits per heavy atom. The number of carbonyl (C=O) groups is 3. The van der Waals surface area contributed by atoms with Gasteiger partial charge < -0.3 is 15.2 Å². The van der Waals surface area contributed by atoms with Crippen LogP contribution < -0.4 is 5.32 Å². The fourth-order valence-electron chi connectivity index (χ4n) is 2.10. The van der Waals surface area contributed by atoms with Gasteiger partial charge in [-0.25, -0.2) is 0 Å². The molecule has 0 spiro atoms. The fraction of sp³-hybridized carbons (Fsp3) is 0.500. The Morgan fingerprint density at radius 1 is 0.917 bits per heavy atom. The normalized spacial score (nSPS) is 10.2. The van der Waals surface area contributed by atoms with Gasteiger partial charge in [0.2, 0.25) is 5.91 Å². The molecule has 0 heterocycles. The lowest BCUT2D eigenvalue weighted by Crippen LogP contribution is -2.24. The van der Waals surface area contributed by atoms with Crippen molar-refractivity contribution in [1.29, 1.82) is 0 Å². The van der Waals surface area contributed by atoms with Crippen LogP contribution in [0.25, 0.3) is 0 Å². The second-order valence-electron chi connectivity index (χ2n) is 5.55. The number of carboxylic acids is 1. The van der Waals surface area contributed by atoms with Gasteiger partial charge in [0.15, 0.2) is 0 Å². The van der Waals surface area contributed by atoms with Crippen LogP contribution >= 0.6 is 0 Å². The monoisotopic (exact) mass is 335 g/mol. The van der Waals surface area contributed by atoms with Gasteiger partial charge in [0, 0.05) is 25.8 Å². The lowest BCUT2D eigenvalue weighted by Gasteiger charge is -2.06. The summed E-state index contributed by atoms with van der Waals surface area (Å²) in [5.41, 5.74) is 0.969. The molecule has 132 valence electrons. The Kier molecular flexibility index (Phi) is 9.92. The summed E-state index contributed by atoms with van der Waals surface area (Å²) in [6.45, 7) is 0.844. The molecule has 24 heavy (non-hydrogen) atoms. The zero-order valence-corrected chi connectivity index (χ0v) is 13.8. The number of hydrogen-bond acceptors (Lipinski definition) is 4. The van der Waals surface area contributed by atoms with Crippen molar-refractivity contribution in [3.8, 4) is 0 Å². The molecule has 6 heteroatoms. The fourth-order valence-corrected chi connectivity index (χ4v) is 2.10. The molecule has 1 amide bonds. The molecule has 2 N–H and O–H groups in total. The largest absolute Gasteiger partial charge is 0.481 e. The molecule has 0 atom stereocenters. The summed E-state index contributed by atoms with van der Waals surface area (Å²) in [5, 5.41) is 11.2. The highest BCUT2D eigenvalue weighted by Crippen LogP contribution is 2.05. The van der Waals surface area contributed by atoms with E-state index in [1.54, 1.807) is 0 Å². The van der Waals surface area contributed by atoms with E-state index in [1.165, 1.54) is 0 Å². The quantitative estimate of drug-likeness (QED) is 0.452. The smallest absolute Gasteiger partial charge is 0.306 e. The summed E-state index contributed by atoms with van der Waals surface area (Å²) in [5.74, 6) is -1.22. The number of carbonyl (C=O) groups excluding carboxylic acids is 2. The van der Waals surface area contributed by atoms with Gasteiger partial charge in [-0.3, -0.25) is 14.4 Å². The first kappa shape index (κ1) is 19.7. The number of hydrogen-bond donors (Lipinski definition) is 2. The van der Waals surface area contributed by atoms with Crippen LogP contribution in [0.4, 0.5) is 0 Å². The SMILES string of the molecule is O=C(O)CCCC(=O)NCCCCCC(=O)OCc1ccccc1. The van der Waals surface area contributed by atoms with Crippen LogP contribution in [0.15, 0.2) is 30.3 Å². The van der Waals surface area contributed by atoms with Gasteiger partial charge in [0.05, 0.1) is 0 Å². The number of aliphatic carboxylic acids is 1. The molecule has 0 aliphatic heterocycles. The van der Waals surface area contributed by atoms with E-state index in [0.29, 0.717) is 26.0 Å². The predicted molar refractivity (Wildman–Crippen MR) is 89.2 cm³/mol. The number of rotatable bonds is 12. The van der Waals surface area contributed by atoms with E-state index in [-0.39, 0.29) is 24.7 Å². The lowest BCUT2D eigenvalue weighted by atomic mass is 10.2. The minimum atomic E-state index is -0.887. The molecule has 0 fully saturated rings. The number of carboxylic acid groups (broad SMARTS) is 1. The second-order valence-corrected chi connectivity index (χ2v) is 5.55. The molecular weight excluding hydrogens is 310 g/mol. The maximum absolute atomic E-state index is 11.6. The Bertz CT molecular complexity index is 515. The molecule has 0 aliphatic carbocycles. The number of nitrogens with one attached hydrogen (secondary N) is 1. The average molecular weight is 335 g/mol. The van der Waals surface area contributed by atoms with E-state index in [1.807, 2.05) is 30.3 Å². The Labute approximate surface area is 142 Å². The second kappa shape index (κ2) is 12.1. The minimum absolute atomic E-state index is 0.0124. The molecule has 0 saturated carbocycles. The standard InChI is InChI=1S/C18H25NO5/c20-16(10-7-11-17(21)22)19-13-6-2-5-12-18(23)24-14-15-8-3-1-4-9-15/h1,3-4,8-9H,2,5-7,10-14H2,(H,19,20)(H,21,22). The number of esters is 1. The average Bonchev–Trinajstić information content (AvgIpc) is 2.56. The summed E-state index contributed by atoms with van der Waals surface area (Å²) in [6.07, 6.45) is 3.32. The van der Waals surface area contributed by atoms with Crippen LogP contribution in [-0.2, 0) is 25.7 Å². The van der Waals surface area contributed by atoms with Crippen molar-refractivity contribution in [2.75, 3.05) is 6.54 Å². The van der Waals surface area contributed by atoms with Crippen LogP contribution in [0.1, 0.15) is 50.5 Å². The minimum Gasteiger partial charge on any atom is -0.481 e. The Balaban J connectivity index is 1.95. The maximum Gasteiger partial charge on any atom is 0.306 e. The van der Waals surface area contributed by atoms with Crippen LogP contribution in [0.5, 0.6) is 0 Å². The highest BCUT2D eigenvalue weighted by Gasteiger charge is 2.05. The van der Waals surface area contributed by atoms with Crippen molar-refractivity contribution < 1.29 is 24.2 Å². The Hall–Kier alpha value is -2.37. The third kappa shape index (κ3) is 10.4. The zero-order chi connectivity index (χ0) is 17.6. The molecule has 0 bridgehead atoms. The van der Waals surface area contributed by atoms with Crippen molar-refractivity contribution in [2.24, 2.45) is 0 Å². The molecule has 1 aromatic rings. The molecule has 0 saturated heterocycles. The zero-order valence-electron chi connectivity index (χ0n) is 13.8. The number of unbranched alkanes of at least 4 members (excludes halogenated alkanes) is 2. The summed E-state index contributed by atoms with van der Waals surface area (Å²) in [7, 11) is 0. The van der Waals surface area contributed by atoms with Gasteiger partial charge in [-0.1, -0.05) is 36.8 Å². The predicted octanol–water partition coefficient (Wildman–Crippen LogP) is 2.66. The van der Waals surface area contributed by atoms with Crippen molar-refractivity contribution in [1.82, 2.24) is 5.32 Å². The summed E-state index contributed by atoms with van der Waals surface area (Å²) in [6, 6.07) is 9.54. The van der Waals surface area contributed by atoms with Gasteiger partial charge in [-0.15, -0.1) is 0 Å². The van der Waals surface area contributed by atoms with E-state index < -0.39 is 5.97 Å². The molecule has 0 radical (unpaired) electrons. The highest BCUT2D eigenvalue weighted by atomic mass is 16.5. The number of amides is 1. The van der Waals surface area contributed by atoms with Gasteiger partial charge in [0.1, 0.15) is 6.61 Å². The maximum atomic E-state index is 11.6. The molecule has 1 rings (SSSR count). The number of ether oxygens (including phenoxy) is 1. The van der Waals surface area contributed by atoms with E-state index in [2.05, 4.69) is 5.32 Å². The molecule has 0 unspecified atom stereocenters. The van der Waals surface area contributed by atoms with Crippen molar-refractivity contribution in [3.63, 3.8) is 0 Å². The first-order valence-electron chi connectivity index (χ1n) is 8.26. The molecule has 6 nitrogen and oxygen atoms in total. The van der Waals surface area contributed by atoms with Crippen LogP contribution in [0, 0.1) is 0 Å². The van der Waals surface area contributed by atoms with Gasteiger partial charge in [-0.2, -0.15) is 0 Å². The third-order valence-electron chi connectivity index (χ3n) is 3.42. The van der Waals surface area contributed by atoms with Crippen molar-refractivity contribution >= 4 is 17.8 Å². The molecule has 1 aromatic carbocycles. The topological polar surface area (TPSA) is 92.7 Å². The van der Waals surface area contributed by atoms with Crippen LogP contribution in [0.3, 0.4) is 0 Å². The van der Waals surface area contributed by atoms with Crippen LogP contribution in [0.2, 0.25) is 0 Å². The lowest BCUT2D eigenvalue weighted by molar-refractivity contribution is -0.145. The van der Waals surface area contributed by atoms with Gasteiger partial charge >= 0.3 is 11.9 Å². The summed E-state index contributed by atoms with van der Waals surface area (Å²) >= 11 is 0. The molecule has 0 aromatic heterocycles. The first-order valence-corrected chi connectivity index (χ1v) is 8.26. The van der Waals surface area contributed by atoms with E-state index in [0.717, 1.165) is 24.8 Å². The molecular formula is C18H25NO5. The van der Waals surface area contributed by atoms with E-state index in [9.17, 15) is 14.4 Å². The van der Waals surface area contributed by atoms with Crippen molar-refractivity contribution in [3.05, 3.63) is 35.9 Å². The van der Waals surface area contributed by atoms with Crippen molar-refractivity contribution in [2.45, 2.75) is 51.6 Å². The van der Waals surface area contributed by atoms with E-state index >= 15 is 0 Å². The third-order valence-corrected chi connectivity index (χ3v) is 3.42. The highest BCUT2D eigenvalue weighted by molar-refractivity contribution is 5.76. The van der Waals surface area contributed by atoms with Gasteiger partial charge in [-0.05, 0) is 24.8 Å². The number of benzene rings is 1. The summed E-state index contributed by atoms with van der Waals surface area (Å²) in [4.78, 5) is 33.3. The van der Waals surface area contributed by atoms with Crippen LogP contribution in [-0.4, -0.2) is 29.5 Å². The first-order chi connectivity index (χ1) is 11.6. The molecule has 0 aliphatic rings. The van der Waals surface area contributed by atoms with Gasteiger partial charge in [0.25, 0.3) is 0 Å². The van der Waals surface area contributed by atoms with E-state index in [4.69, 9.17) is 9.84 Å². The summed E-state index contributed by atoms with van der Waals surface area (Å²) < 4.78 is 5.18.